The molecular formula is C59H68ClN9O8S. The highest BCUT2D eigenvalue weighted by molar-refractivity contribution is 7.13. The normalized spacial score (nSPS) is 21.3. The number of piperazine rings is 1. The molecule has 5 aromatic rings. The Hall–Kier alpha value is -7.07. The van der Waals surface area contributed by atoms with Gasteiger partial charge in [0.2, 0.25) is 11.8 Å². The van der Waals surface area contributed by atoms with E-state index in [9.17, 15) is 29.2 Å². The molecule has 4 aliphatic rings. The molecule has 17 nitrogen and oxygen atoms in total. The summed E-state index contributed by atoms with van der Waals surface area (Å²) in [6.45, 7) is 21.6. The Labute approximate surface area is 465 Å². The summed E-state index contributed by atoms with van der Waals surface area (Å²) in [5.74, 6) is -0.0271. The molecule has 0 spiro atoms. The minimum absolute atomic E-state index is 0.0292. The van der Waals surface area contributed by atoms with Crippen molar-refractivity contribution >= 4 is 58.4 Å². The van der Waals surface area contributed by atoms with Crippen LogP contribution in [0.25, 0.3) is 10.4 Å². The summed E-state index contributed by atoms with van der Waals surface area (Å²) in [7, 11) is 0. The SMILES string of the molecule is CC(=O)O[C@@H]1C[C@@H](C(=O)N[C@@H](C)c2ccc(-c3scnc3C)cc2)N(C(=O)[C@H](C(C)C)N2Cc3cc(OCCN4CCN(c5ccc(C(=O)N[C@H]6C(C)(C)[C@H](Oc7ccc(C#N)c(Cl)c7)C6(C)C)cn5)CC4)ccc3C2=O)C1. The topological polar surface area (TPSA) is 200 Å². The third-order valence-electron chi connectivity index (χ3n) is 15.9. The van der Waals surface area contributed by atoms with Crippen molar-refractivity contribution in [3.8, 4) is 28.0 Å². The Kier molecular flexibility index (Phi) is 16.2. The number of thiazole rings is 1. The summed E-state index contributed by atoms with van der Waals surface area (Å²) in [6, 6.07) is 21.8. The standard InChI is InChI=1S/C59H68ClN9O8S/c1-34(2)50(55(74)68-32-45(76-37(5)70)28-48(68)53(72)64-35(3)38-10-12-39(13-11-38)51-36(4)63-33-78-51)69-31-42-26-43(17-18-46(42)54(69)73)75-25-24-66-20-22-67(23-21-66)49-19-15-41(30-62-49)52(71)65-56-58(6,7)57(59(56,8)9)77-44-16-14-40(29-61)47(60)27-44/h10-19,26-27,30,33-35,45,48,50,56-57H,20-25,28,31-32H2,1-9H3,(H,64,72)(H,65,71)/t35-,45+,48-,50-,56-,57-/m0/s1. The number of rotatable bonds is 17. The fraction of sp³-hybridized carbons (Fsp3) is 0.458. The lowest BCUT2D eigenvalue weighted by Gasteiger charge is -2.63. The van der Waals surface area contributed by atoms with Crippen LogP contribution in [0, 0.1) is 35.0 Å². The number of nitrogens with one attached hydrogen (secondary N) is 2. The second kappa shape index (κ2) is 22.7. The van der Waals surface area contributed by atoms with Crippen molar-refractivity contribution in [1.29, 1.82) is 5.26 Å². The largest absolute Gasteiger partial charge is 0.492 e. The number of anilines is 1. The molecule has 0 bridgehead atoms. The van der Waals surface area contributed by atoms with Crippen LogP contribution in [0.2, 0.25) is 5.02 Å². The molecule has 5 heterocycles. The molecule has 3 fully saturated rings. The summed E-state index contributed by atoms with van der Waals surface area (Å²) in [5, 5.41) is 15.9. The fourth-order valence-electron chi connectivity index (χ4n) is 12.1. The molecule has 9 rings (SSSR count). The predicted octanol–water partition coefficient (Wildman–Crippen LogP) is 8.24. The van der Waals surface area contributed by atoms with Gasteiger partial charge in [0.15, 0.2) is 0 Å². The molecule has 4 atom stereocenters. The van der Waals surface area contributed by atoms with E-state index >= 15 is 0 Å². The number of amides is 4. The minimum Gasteiger partial charge on any atom is -0.492 e. The van der Waals surface area contributed by atoms with E-state index in [0.717, 1.165) is 59.3 Å². The lowest BCUT2D eigenvalue weighted by Crippen LogP contribution is -2.74. The van der Waals surface area contributed by atoms with Crippen LogP contribution in [0.4, 0.5) is 5.82 Å². The number of aromatic nitrogens is 2. The van der Waals surface area contributed by atoms with Crippen LogP contribution in [0.15, 0.2) is 84.5 Å². The molecule has 2 aromatic heterocycles. The van der Waals surface area contributed by atoms with Crippen molar-refractivity contribution in [2.75, 3.05) is 50.8 Å². The van der Waals surface area contributed by atoms with Crippen LogP contribution in [0.3, 0.4) is 0 Å². The van der Waals surface area contributed by atoms with Gasteiger partial charge in [-0.25, -0.2) is 9.97 Å². The summed E-state index contributed by atoms with van der Waals surface area (Å²) in [5.41, 5.74) is 6.00. The van der Waals surface area contributed by atoms with Gasteiger partial charge in [0.05, 0.1) is 44.8 Å². The van der Waals surface area contributed by atoms with Gasteiger partial charge in [-0.1, -0.05) is 77.4 Å². The van der Waals surface area contributed by atoms with E-state index in [-0.39, 0.29) is 67.2 Å². The van der Waals surface area contributed by atoms with Crippen molar-refractivity contribution in [3.05, 3.63) is 123 Å². The van der Waals surface area contributed by atoms with E-state index in [1.807, 2.05) is 75.7 Å². The van der Waals surface area contributed by atoms with Crippen molar-refractivity contribution < 1.29 is 38.2 Å². The Morgan fingerprint density at radius 3 is 2.27 bits per heavy atom. The van der Waals surface area contributed by atoms with E-state index in [1.165, 1.54) is 11.8 Å². The zero-order valence-electron chi connectivity index (χ0n) is 45.7. The fourth-order valence-corrected chi connectivity index (χ4v) is 13.1. The van der Waals surface area contributed by atoms with Crippen LogP contribution in [0.1, 0.15) is 111 Å². The molecule has 2 saturated heterocycles. The number of likely N-dealkylation sites (tertiary alicyclic amines) is 1. The zero-order valence-corrected chi connectivity index (χ0v) is 47.2. The van der Waals surface area contributed by atoms with E-state index in [4.69, 9.17) is 25.8 Å². The number of halogens is 1. The number of benzene rings is 3. The number of nitriles is 1. The first-order chi connectivity index (χ1) is 37.1. The second-order valence-electron chi connectivity index (χ2n) is 22.4. The summed E-state index contributed by atoms with van der Waals surface area (Å²) in [4.78, 5) is 86.4. The molecular weight excluding hydrogens is 1030 g/mol. The van der Waals surface area contributed by atoms with E-state index in [2.05, 4.69) is 64.2 Å². The molecule has 2 N–H and O–H groups in total. The first-order valence-corrected chi connectivity index (χ1v) is 27.9. The summed E-state index contributed by atoms with van der Waals surface area (Å²) < 4.78 is 18.2. The lowest BCUT2D eigenvalue weighted by molar-refractivity contribution is -0.164. The third-order valence-corrected chi connectivity index (χ3v) is 17.2. The third kappa shape index (κ3) is 11.4. The highest BCUT2D eigenvalue weighted by atomic mass is 35.5. The number of ether oxygens (including phenoxy) is 3. The Bertz CT molecular complexity index is 3100. The first kappa shape index (κ1) is 55.7. The molecule has 4 amide bonds. The van der Waals surface area contributed by atoms with Crippen molar-refractivity contribution in [2.45, 2.75) is 112 Å². The average Bonchev–Trinajstić information content (AvgIpc) is 4.27. The number of hydrogen-bond acceptors (Lipinski definition) is 14. The number of hydrogen-bond donors (Lipinski definition) is 2. The summed E-state index contributed by atoms with van der Waals surface area (Å²) >= 11 is 7.84. The first-order valence-electron chi connectivity index (χ1n) is 26.6. The maximum atomic E-state index is 14.7. The van der Waals surface area contributed by atoms with E-state index in [0.29, 0.717) is 46.4 Å². The number of carbonyl (C=O) groups excluding carboxylic acids is 5. The summed E-state index contributed by atoms with van der Waals surface area (Å²) in [6.07, 6.45) is 0.859. The quantitative estimate of drug-likeness (QED) is 0.0845. The maximum Gasteiger partial charge on any atom is 0.302 e. The van der Waals surface area contributed by atoms with Gasteiger partial charge in [0, 0.05) is 87.3 Å². The van der Waals surface area contributed by atoms with Crippen LogP contribution in [-0.4, -0.2) is 130 Å². The molecule has 3 aliphatic heterocycles. The molecule has 410 valence electrons. The molecule has 0 radical (unpaired) electrons. The predicted molar refractivity (Wildman–Crippen MR) is 297 cm³/mol. The Morgan fingerprint density at radius 2 is 1.64 bits per heavy atom. The molecule has 1 saturated carbocycles. The molecule has 3 aromatic carbocycles. The van der Waals surface area contributed by atoms with Crippen LogP contribution >= 0.6 is 22.9 Å². The monoisotopic (exact) mass is 1100 g/mol. The van der Waals surface area contributed by atoms with Gasteiger partial charge in [-0.05, 0) is 78.9 Å². The highest BCUT2D eigenvalue weighted by Crippen LogP contribution is 2.55. The Balaban J connectivity index is 0.751. The molecule has 78 heavy (non-hydrogen) atoms. The number of aryl methyl sites for hydroxylation is 1. The van der Waals surface area contributed by atoms with E-state index < -0.39 is 35.0 Å². The molecule has 0 unspecified atom stereocenters. The van der Waals surface area contributed by atoms with Gasteiger partial charge in [-0.15, -0.1) is 11.3 Å². The van der Waals surface area contributed by atoms with Crippen molar-refractivity contribution in [1.82, 2.24) is 35.3 Å². The zero-order chi connectivity index (χ0) is 55.8. The Morgan fingerprint density at radius 1 is 0.923 bits per heavy atom. The number of pyridine rings is 1. The van der Waals surface area contributed by atoms with Crippen molar-refractivity contribution in [3.63, 3.8) is 0 Å². The van der Waals surface area contributed by atoms with E-state index in [1.54, 1.807) is 52.8 Å². The van der Waals surface area contributed by atoms with Gasteiger partial charge in [-0.2, -0.15) is 5.26 Å². The number of esters is 1. The number of carbonyl (C=O) groups is 5. The maximum absolute atomic E-state index is 14.7. The van der Waals surface area contributed by atoms with Crippen LogP contribution in [-0.2, 0) is 25.7 Å². The van der Waals surface area contributed by atoms with Crippen LogP contribution in [0.5, 0.6) is 11.5 Å². The van der Waals surface area contributed by atoms with Gasteiger partial charge in [0.25, 0.3) is 11.8 Å². The lowest BCUT2D eigenvalue weighted by atomic mass is 9.49. The minimum atomic E-state index is -0.920. The smallest absolute Gasteiger partial charge is 0.302 e. The second-order valence-corrected chi connectivity index (χ2v) is 23.7. The van der Waals surface area contributed by atoms with Crippen molar-refractivity contribution in [2.24, 2.45) is 16.7 Å². The molecule has 1 aliphatic carbocycles. The van der Waals surface area contributed by atoms with Gasteiger partial charge < -0.3 is 39.5 Å². The number of fused-ring (bicyclic) bond motifs is 1. The van der Waals surface area contributed by atoms with Gasteiger partial charge in [-0.3, -0.25) is 28.9 Å². The van der Waals surface area contributed by atoms with Gasteiger partial charge in [0.1, 0.15) is 54.3 Å². The van der Waals surface area contributed by atoms with Crippen LogP contribution < -0.4 is 25.0 Å². The highest BCUT2D eigenvalue weighted by Gasteiger charge is 2.64. The molecule has 19 heteroatoms. The number of nitrogens with zero attached hydrogens (tertiary/aromatic N) is 7. The average molecular weight is 1100 g/mol. The van der Waals surface area contributed by atoms with Gasteiger partial charge >= 0.3 is 5.97 Å².